The van der Waals surface area contributed by atoms with E-state index in [1.165, 1.54) is 31.4 Å². The van der Waals surface area contributed by atoms with Crippen LogP contribution in [-0.2, 0) is 6.54 Å². The fraction of sp³-hybridized carbons (Fsp3) is 0.786. The van der Waals surface area contributed by atoms with Crippen molar-refractivity contribution < 1.29 is 0 Å². The highest BCUT2D eigenvalue weighted by Crippen LogP contribution is 2.50. The molecule has 1 aromatic rings. The smallest absolute Gasteiger partial charge is 0.177 e. The summed E-state index contributed by atoms with van der Waals surface area (Å²) in [7, 11) is 0. The molecule has 0 spiro atoms. The Morgan fingerprint density at radius 1 is 1.29 bits per heavy atom. The van der Waals surface area contributed by atoms with Crippen LogP contribution in [0.4, 0.5) is 0 Å². The minimum Gasteiger partial charge on any atom is -0.337 e. The SMILES string of the molecule is CC(C)c1c[nH]c(=S)n1CC(C1CC1)C1CC1. The van der Waals surface area contributed by atoms with Crippen LogP contribution in [0.15, 0.2) is 6.20 Å². The number of hydrogen-bond acceptors (Lipinski definition) is 1. The molecule has 1 N–H and O–H groups in total. The van der Waals surface area contributed by atoms with E-state index in [-0.39, 0.29) is 0 Å². The number of aromatic amines is 1. The predicted molar refractivity (Wildman–Crippen MR) is 72.6 cm³/mol. The highest BCUT2D eigenvalue weighted by molar-refractivity contribution is 7.71. The fourth-order valence-electron chi connectivity index (χ4n) is 3.02. The van der Waals surface area contributed by atoms with Crippen molar-refractivity contribution in [2.24, 2.45) is 17.8 Å². The van der Waals surface area contributed by atoms with Crippen molar-refractivity contribution in [2.75, 3.05) is 0 Å². The van der Waals surface area contributed by atoms with Gasteiger partial charge in [0.2, 0.25) is 0 Å². The molecule has 2 aliphatic carbocycles. The van der Waals surface area contributed by atoms with E-state index in [1.54, 1.807) is 0 Å². The van der Waals surface area contributed by atoms with Gasteiger partial charge >= 0.3 is 0 Å². The van der Waals surface area contributed by atoms with Gasteiger partial charge in [-0.1, -0.05) is 13.8 Å². The van der Waals surface area contributed by atoms with Crippen LogP contribution in [-0.4, -0.2) is 9.55 Å². The molecule has 0 amide bonds. The average Bonchev–Trinajstić information content (AvgIpc) is 3.15. The minimum absolute atomic E-state index is 0.557. The Bertz CT molecular complexity index is 437. The Hall–Kier alpha value is -0.570. The summed E-state index contributed by atoms with van der Waals surface area (Å²) < 4.78 is 3.28. The highest BCUT2D eigenvalue weighted by atomic mass is 32.1. The highest BCUT2D eigenvalue weighted by Gasteiger charge is 2.41. The molecule has 0 atom stereocenters. The molecule has 0 bridgehead atoms. The van der Waals surface area contributed by atoms with Gasteiger partial charge in [0.25, 0.3) is 0 Å². The molecule has 2 aliphatic rings. The van der Waals surface area contributed by atoms with Gasteiger partial charge in [-0.25, -0.2) is 0 Å². The van der Waals surface area contributed by atoms with Gasteiger partial charge in [-0.05, 0) is 61.6 Å². The minimum atomic E-state index is 0.557. The van der Waals surface area contributed by atoms with Crippen molar-refractivity contribution in [3.63, 3.8) is 0 Å². The molecule has 0 aliphatic heterocycles. The van der Waals surface area contributed by atoms with Crippen molar-refractivity contribution in [1.82, 2.24) is 9.55 Å². The molecule has 3 heteroatoms. The second-order valence-electron chi connectivity index (χ2n) is 6.12. The summed E-state index contributed by atoms with van der Waals surface area (Å²) in [5, 5.41) is 0. The zero-order chi connectivity index (χ0) is 12.0. The normalized spacial score (nSPS) is 20.5. The first-order chi connectivity index (χ1) is 8.16. The Kier molecular flexibility index (Phi) is 2.89. The molecule has 0 radical (unpaired) electrons. The third-order valence-electron chi connectivity index (χ3n) is 4.34. The molecular weight excluding hydrogens is 228 g/mol. The van der Waals surface area contributed by atoms with Crippen LogP contribution in [0.5, 0.6) is 0 Å². The van der Waals surface area contributed by atoms with Gasteiger partial charge in [0.15, 0.2) is 4.77 Å². The van der Waals surface area contributed by atoms with Crippen molar-refractivity contribution in [1.29, 1.82) is 0 Å². The van der Waals surface area contributed by atoms with Crippen molar-refractivity contribution in [2.45, 2.75) is 52.0 Å². The summed E-state index contributed by atoms with van der Waals surface area (Å²) in [6.45, 7) is 5.65. The number of aromatic nitrogens is 2. The number of nitrogens with zero attached hydrogens (tertiary/aromatic N) is 1. The number of imidazole rings is 1. The predicted octanol–water partition coefficient (Wildman–Crippen LogP) is 4.11. The van der Waals surface area contributed by atoms with Crippen LogP contribution >= 0.6 is 12.2 Å². The van der Waals surface area contributed by atoms with Crippen LogP contribution in [0, 0.1) is 22.5 Å². The van der Waals surface area contributed by atoms with Crippen molar-refractivity contribution >= 4 is 12.2 Å². The van der Waals surface area contributed by atoms with E-state index in [0.29, 0.717) is 5.92 Å². The molecular formula is C14H22N2S. The van der Waals surface area contributed by atoms with Gasteiger partial charge in [0.1, 0.15) is 0 Å². The summed E-state index contributed by atoms with van der Waals surface area (Å²) in [5.74, 6) is 3.45. The second-order valence-corrected chi connectivity index (χ2v) is 6.51. The van der Waals surface area contributed by atoms with E-state index in [1.807, 2.05) is 0 Å². The average molecular weight is 250 g/mol. The lowest BCUT2D eigenvalue weighted by Gasteiger charge is -2.19. The van der Waals surface area contributed by atoms with Crippen molar-refractivity contribution in [3.8, 4) is 0 Å². The molecule has 17 heavy (non-hydrogen) atoms. The quantitative estimate of drug-likeness (QED) is 0.780. The summed E-state index contributed by atoms with van der Waals surface area (Å²) in [6, 6.07) is 0. The standard InChI is InChI=1S/C14H22N2S/c1-9(2)13-7-15-14(17)16(13)8-12(10-3-4-10)11-5-6-11/h7,9-12H,3-6,8H2,1-2H3,(H,15,17). The summed E-state index contributed by atoms with van der Waals surface area (Å²) in [5.41, 5.74) is 1.38. The lowest BCUT2D eigenvalue weighted by Crippen LogP contribution is -2.17. The molecule has 3 rings (SSSR count). The molecule has 2 saturated carbocycles. The molecule has 2 nitrogen and oxygen atoms in total. The van der Waals surface area contributed by atoms with Gasteiger partial charge in [-0.2, -0.15) is 0 Å². The van der Waals surface area contributed by atoms with Crippen LogP contribution in [0.1, 0.15) is 51.1 Å². The van der Waals surface area contributed by atoms with Crippen molar-refractivity contribution in [3.05, 3.63) is 16.7 Å². The molecule has 1 aromatic heterocycles. The first kappa shape index (κ1) is 11.5. The molecule has 0 saturated heterocycles. The van der Waals surface area contributed by atoms with Gasteiger partial charge in [0.05, 0.1) is 0 Å². The van der Waals surface area contributed by atoms with E-state index < -0.39 is 0 Å². The van der Waals surface area contributed by atoms with E-state index in [9.17, 15) is 0 Å². The van der Waals surface area contributed by atoms with Crippen LogP contribution in [0.3, 0.4) is 0 Å². The topological polar surface area (TPSA) is 20.7 Å². The molecule has 2 fully saturated rings. The first-order valence-corrected chi connectivity index (χ1v) is 7.35. The van der Waals surface area contributed by atoms with Crippen LogP contribution < -0.4 is 0 Å². The zero-order valence-corrected chi connectivity index (χ0v) is 11.6. The number of hydrogen-bond donors (Lipinski definition) is 1. The van der Waals surface area contributed by atoms with E-state index >= 15 is 0 Å². The lowest BCUT2D eigenvalue weighted by molar-refractivity contribution is 0.341. The van der Waals surface area contributed by atoms with Gasteiger partial charge in [0, 0.05) is 18.4 Å². The molecule has 0 aromatic carbocycles. The third-order valence-corrected chi connectivity index (χ3v) is 4.68. The monoisotopic (exact) mass is 250 g/mol. The Morgan fingerprint density at radius 3 is 2.35 bits per heavy atom. The largest absolute Gasteiger partial charge is 0.337 e. The summed E-state index contributed by atoms with van der Waals surface area (Å²) >= 11 is 5.43. The Morgan fingerprint density at radius 2 is 1.88 bits per heavy atom. The van der Waals surface area contributed by atoms with E-state index in [0.717, 1.165) is 29.1 Å². The van der Waals surface area contributed by atoms with Crippen LogP contribution in [0.25, 0.3) is 0 Å². The van der Waals surface area contributed by atoms with Gasteiger partial charge < -0.3 is 9.55 Å². The fourth-order valence-corrected chi connectivity index (χ4v) is 3.26. The molecule has 0 unspecified atom stereocenters. The van der Waals surface area contributed by atoms with Gasteiger partial charge in [-0.15, -0.1) is 0 Å². The third kappa shape index (κ3) is 2.35. The maximum Gasteiger partial charge on any atom is 0.177 e. The molecule has 1 heterocycles. The first-order valence-electron chi connectivity index (χ1n) is 6.95. The number of H-pyrrole nitrogens is 1. The maximum absolute atomic E-state index is 5.43. The molecule has 94 valence electrons. The summed E-state index contributed by atoms with van der Waals surface area (Å²) in [6.07, 6.45) is 7.92. The van der Waals surface area contributed by atoms with Gasteiger partial charge in [-0.3, -0.25) is 0 Å². The summed E-state index contributed by atoms with van der Waals surface area (Å²) in [4.78, 5) is 3.22. The number of rotatable bonds is 5. The maximum atomic E-state index is 5.43. The van der Waals surface area contributed by atoms with E-state index in [4.69, 9.17) is 12.2 Å². The number of nitrogens with one attached hydrogen (secondary N) is 1. The Labute approximate surface area is 108 Å². The van der Waals surface area contributed by atoms with E-state index in [2.05, 4.69) is 29.6 Å². The van der Waals surface area contributed by atoms with Crippen LogP contribution in [0.2, 0.25) is 0 Å². The lowest BCUT2D eigenvalue weighted by atomic mass is 9.97. The second kappa shape index (κ2) is 4.27. The zero-order valence-electron chi connectivity index (χ0n) is 10.8. The Balaban J connectivity index is 1.82.